The van der Waals surface area contributed by atoms with E-state index in [0.717, 1.165) is 51.4 Å². The second-order valence-electron chi connectivity index (χ2n) is 15.2. The van der Waals surface area contributed by atoms with Gasteiger partial charge in [-0.15, -0.1) is 0 Å². The number of unbranched alkanes of at least 4 members (excludes halogenated alkanes) is 14. The van der Waals surface area contributed by atoms with Gasteiger partial charge in [0.05, 0.1) is 52.2 Å². The number of Topliss-reactive ketones (excluding diaryl/α,β-unsaturated/α-hetero) is 1. The molecule has 0 spiro atoms. The van der Waals surface area contributed by atoms with Crippen LogP contribution in [-0.4, -0.2) is 150 Å². The van der Waals surface area contributed by atoms with Crippen molar-refractivity contribution in [1.82, 2.24) is 26.6 Å². The Morgan fingerprint density at radius 1 is 0.468 bits per heavy atom. The minimum Gasteiger partial charge on any atom is -0.481 e. The largest absolute Gasteiger partial charge is 0.481 e. The lowest BCUT2D eigenvalue weighted by molar-refractivity contribution is -0.142. The van der Waals surface area contributed by atoms with Crippen molar-refractivity contribution in [1.29, 1.82) is 0 Å². The van der Waals surface area contributed by atoms with Crippen molar-refractivity contribution in [2.75, 3.05) is 86.1 Å². The van der Waals surface area contributed by atoms with Crippen LogP contribution in [0.5, 0.6) is 0 Å². The van der Waals surface area contributed by atoms with Crippen LogP contribution in [0.2, 0.25) is 0 Å². The first kappa shape index (κ1) is 58.2. The minimum absolute atomic E-state index is 0.00203. The number of carboxylic acid groups (broad SMARTS) is 2. The van der Waals surface area contributed by atoms with Crippen molar-refractivity contribution in [2.45, 2.75) is 147 Å². The zero-order valence-corrected chi connectivity index (χ0v) is 37.5. The van der Waals surface area contributed by atoms with Crippen molar-refractivity contribution in [3.63, 3.8) is 0 Å². The molecule has 62 heavy (non-hydrogen) atoms. The molecule has 0 aliphatic heterocycles. The fraction of sp³-hybridized carbons (Fsp3) is 0.837. The van der Waals surface area contributed by atoms with Crippen LogP contribution < -0.4 is 32.3 Å². The maximum absolute atomic E-state index is 12.3. The summed E-state index contributed by atoms with van der Waals surface area (Å²) in [7, 11) is 1.72. The number of carbonyl (C=O) groups is 7. The zero-order valence-electron chi connectivity index (χ0n) is 37.5. The Kier molecular flexibility index (Phi) is 40.0. The molecule has 0 aromatic carbocycles. The van der Waals surface area contributed by atoms with Crippen molar-refractivity contribution in [3.8, 4) is 0 Å². The van der Waals surface area contributed by atoms with Crippen LogP contribution >= 0.6 is 0 Å². The Morgan fingerprint density at radius 2 is 0.919 bits per heavy atom. The number of aliphatic carboxylic acids is 2. The summed E-state index contributed by atoms with van der Waals surface area (Å²) >= 11 is 0. The van der Waals surface area contributed by atoms with Crippen molar-refractivity contribution in [2.24, 2.45) is 5.73 Å². The van der Waals surface area contributed by atoms with E-state index in [1.54, 1.807) is 7.05 Å². The number of ketones is 1. The second kappa shape index (κ2) is 42.5. The van der Waals surface area contributed by atoms with Gasteiger partial charge in [0, 0.05) is 38.9 Å². The van der Waals surface area contributed by atoms with Crippen molar-refractivity contribution >= 4 is 41.4 Å². The van der Waals surface area contributed by atoms with Crippen LogP contribution in [0.25, 0.3) is 0 Å². The molecule has 0 radical (unpaired) electrons. The number of amides is 4. The lowest BCUT2D eigenvalue weighted by Gasteiger charge is -2.14. The standard InChI is InChI=1S/C43H80N6O13/c1-45-35(37(50)32-44)18-16-17-23-46-40(53)33-61-30-29-60-27-25-48-41(54)34-62-31-28-59-26-24-47-38(51)22-21-36(43(57)58)49-39(52)19-14-12-10-8-6-4-2-3-5-7-9-11-13-15-20-42(55)56/h35-36,45H,2-34,44H2,1H3,(H,46,53)(H,47,51)(H,48,54)(H,49,52)(H,55,56)(H,57,58). The number of nitrogens with two attached hydrogens (primary N) is 1. The van der Waals surface area contributed by atoms with Gasteiger partial charge in [0.15, 0.2) is 5.78 Å². The number of ether oxygens (including phenoxy) is 4. The molecule has 9 N–H and O–H groups in total. The first-order chi connectivity index (χ1) is 30.0. The van der Waals surface area contributed by atoms with Crippen LogP contribution in [0.3, 0.4) is 0 Å². The number of nitrogens with one attached hydrogen (secondary N) is 5. The number of carboxylic acids is 2. The third-order valence-electron chi connectivity index (χ3n) is 9.87. The fourth-order valence-electron chi connectivity index (χ4n) is 6.28. The molecule has 0 rings (SSSR count). The number of carbonyl (C=O) groups excluding carboxylic acids is 5. The molecule has 2 unspecified atom stereocenters. The van der Waals surface area contributed by atoms with Crippen LogP contribution in [0, 0.1) is 0 Å². The van der Waals surface area contributed by atoms with E-state index in [4.69, 9.17) is 29.8 Å². The highest BCUT2D eigenvalue weighted by Crippen LogP contribution is 2.14. The Balaban J connectivity index is 3.66. The molecule has 0 aromatic rings. The predicted molar refractivity (Wildman–Crippen MR) is 233 cm³/mol. The molecule has 0 aromatic heterocycles. The minimum atomic E-state index is -1.18. The van der Waals surface area contributed by atoms with E-state index in [0.29, 0.717) is 19.4 Å². The average molecular weight is 889 g/mol. The van der Waals surface area contributed by atoms with Gasteiger partial charge in [-0.05, 0) is 45.6 Å². The summed E-state index contributed by atoms with van der Waals surface area (Å²) in [5.41, 5.74) is 5.39. The Morgan fingerprint density at radius 3 is 1.39 bits per heavy atom. The summed E-state index contributed by atoms with van der Waals surface area (Å²) in [5, 5.41) is 31.7. The summed E-state index contributed by atoms with van der Waals surface area (Å²) in [6, 6.07) is -1.40. The van der Waals surface area contributed by atoms with E-state index >= 15 is 0 Å². The summed E-state index contributed by atoms with van der Waals surface area (Å²) < 4.78 is 21.3. The van der Waals surface area contributed by atoms with Gasteiger partial charge in [-0.2, -0.15) is 0 Å². The first-order valence-corrected chi connectivity index (χ1v) is 22.7. The molecule has 4 amide bonds. The Labute approximate surface area is 368 Å². The molecule has 0 saturated heterocycles. The fourth-order valence-corrected chi connectivity index (χ4v) is 6.28. The highest BCUT2D eigenvalue weighted by Gasteiger charge is 2.21. The van der Waals surface area contributed by atoms with Crippen LogP contribution in [0.15, 0.2) is 0 Å². The summed E-state index contributed by atoms with van der Waals surface area (Å²) in [6.45, 7) is 2.01. The van der Waals surface area contributed by atoms with Crippen LogP contribution in [0.1, 0.15) is 135 Å². The third kappa shape index (κ3) is 39.1. The number of hydrogen-bond donors (Lipinski definition) is 8. The summed E-state index contributed by atoms with van der Waals surface area (Å²) in [6.07, 6.45) is 17.6. The molecule has 0 aliphatic rings. The van der Waals surface area contributed by atoms with E-state index in [1.165, 1.54) is 44.9 Å². The molecule has 2 atom stereocenters. The maximum Gasteiger partial charge on any atom is 0.326 e. The van der Waals surface area contributed by atoms with E-state index in [-0.39, 0.29) is 134 Å². The second-order valence-corrected chi connectivity index (χ2v) is 15.2. The van der Waals surface area contributed by atoms with E-state index < -0.39 is 18.0 Å². The molecule has 19 nitrogen and oxygen atoms in total. The summed E-state index contributed by atoms with van der Waals surface area (Å²) in [5.74, 6) is -3.18. The van der Waals surface area contributed by atoms with Gasteiger partial charge in [0.25, 0.3) is 0 Å². The van der Waals surface area contributed by atoms with Gasteiger partial charge in [-0.1, -0.05) is 77.0 Å². The monoisotopic (exact) mass is 889 g/mol. The molecule has 0 fully saturated rings. The average Bonchev–Trinajstić information content (AvgIpc) is 3.24. The number of likely N-dealkylation sites (N-methyl/N-ethyl adjacent to an activating group) is 1. The predicted octanol–water partition coefficient (Wildman–Crippen LogP) is 2.36. The molecular formula is C43H80N6O13. The maximum atomic E-state index is 12.3. The van der Waals surface area contributed by atoms with Crippen molar-refractivity contribution in [3.05, 3.63) is 0 Å². The van der Waals surface area contributed by atoms with Gasteiger partial charge in [-0.25, -0.2) is 4.79 Å². The highest BCUT2D eigenvalue weighted by molar-refractivity contribution is 5.85. The van der Waals surface area contributed by atoms with Gasteiger partial charge in [0.1, 0.15) is 19.3 Å². The van der Waals surface area contributed by atoms with Crippen molar-refractivity contribution < 1.29 is 62.7 Å². The number of rotatable bonds is 46. The molecule has 0 saturated carbocycles. The Bertz CT molecular complexity index is 1210. The van der Waals surface area contributed by atoms with Gasteiger partial charge < -0.3 is 61.5 Å². The van der Waals surface area contributed by atoms with E-state index in [1.807, 2.05) is 0 Å². The number of hydrogen-bond acceptors (Lipinski definition) is 13. The molecule has 360 valence electrons. The SMILES string of the molecule is CNC(CCCCNC(=O)COCCOCCNC(=O)COCCOCCNC(=O)CCC(NC(=O)CCCCCCCCCCCCCCCCC(=O)O)C(=O)O)C(=O)CN. The smallest absolute Gasteiger partial charge is 0.326 e. The summed E-state index contributed by atoms with van der Waals surface area (Å²) in [4.78, 5) is 82.1. The molecule has 0 heterocycles. The molecular weight excluding hydrogens is 809 g/mol. The van der Waals surface area contributed by atoms with E-state index in [2.05, 4.69) is 26.6 Å². The van der Waals surface area contributed by atoms with Crippen LogP contribution in [-0.2, 0) is 52.5 Å². The zero-order chi connectivity index (χ0) is 45.9. The lowest BCUT2D eigenvalue weighted by atomic mass is 10.0. The van der Waals surface area contributed by atoms with Gasteiger partial charge in [-0.3, -0.25) is 28.8 Å². The molecule has 0 bridgehead atoms. The topological polar surface area (TPSA) is 283 Å². The lowest BCUT2D eigenvalue weighted by Crippen LogP contribution is -2.41. The molecule has 0 aliphatic carbocycles. The normalized spacial score (nSPS) is 12.0. The van der Waals surface area contributed by atoms with E-state index in [9.17, 15) is 38.7 Å². The quantitative estimate of drug-likeness (QED) is 0.0408. The Hall–Kier alpha value is -3.75. The van der Waals surface area contributed by atoms with Gasteiger partial charge in [0.2, 0.25) is 23.6 Å². The highest BCUT2D eigenvalue weighted by atomic mass is 16.5. The van der Waals surface area contributed by atoms with Crippen LogP contribution in [0.4, 0.5) is 0 Å². The third-order valence-corrected chi connectivity index (χ3v) is 9.87. The molecule has 19 heteroatoms. The van der Waals surface area contributed by atoms with Gasteiger partial charge >= 0.3 is 11.9 Å². The first-order valence-electron chi connectivity index (χ1n) is 22.7.